The molecule has 0 spiro atoms. The van der Waals surface area contributed by atoms with Gasteiger partial charge in [-0.1, -0.05) is 24.3 Å². The van der Waals surface area contributed by atoms with Crippen molar-refractivity contribution in [2.75, 3.05) is 29.6 Å². The van der Waals surface area contributed by atoms with Crippen LogP contribution in [0.1, 0.15) is 15.9 Å². The van der Waals surface area contributed by atoms with E-state index in [2.05, 4.69) is 5.32 Å². The highest BCUT2D eigenvalue weighted by molar-refractivity contribution is 7.92. The summed E-state index contributed by atoms with van der Waals surface area (Å²) in [5.74, 6) is -1.14. The van der Waals surface area contributed by atoms with Gasteiger partial charge >= 0.3 is 5.97 Å². The number of hydrogen-bond acceptors (Lipinski definition) is 6. The summed E-state index contributed by atoms with van der Waals surface area (Å²) in [6.45, 7) is -0.304. The standard InChI is InChI=1S/C24H23FN2O6S/c1-32-24(29)21-5-3-4-6-22(21)26-23(28)16-33-20-13-11-19(12-14-20)27(34(2,30)31)15-17-7-9-18(25)10-8-17/h3-14H,15-16H2,1-2H3,(H,26,28). The molecular formula is C24H23FN2O6S. The second-order valence-electron chi connectivity index (χ2n) is 7.26. The van der Waals surface area contributed by atoms with Crippen LogP contribution < -0.4 is 14.4 Å². The molecule has 3 aromatic rings. The van der Waals surface area contributed by atoms with Crippen LogP contribution in [0.15, 0.2) is 72.8 Å². The number of para-hydroxylation sites is 1. The van der Waals surface area contributed by atoms with Crippen molar-refractivity contribution in [1.82, 2.24) is 0 Å². The fourth-order valence-corrected chi connectivity index (χ4v) is 3.97. The van der Waals surface area contributed by atoms with Crippen molar-refractivity contribution in [3.05, 3.63) is 89.7 Å². The zero-order valence-corrected chi connectivity index (χ0v) is 19.3. The van der Waals surface area contributed by atoms with Crippen LogP contribution in [-0.2, 0) is 26.1 Å². The third-order valence-electron chi connectivity index (χ3n) is 4.74. The van der Waals surface area contributed by atoms with Crippen molar-refractivity contribution in [3.8, 4) is 5.75 Å². The SMILES string of the molecule is COC(=O)c1ccccc1NC(=O)COc1ccc(N(Cc2ccc(F)cc2)S(C)(=O)=O)cc1. The molecule has 10 heteroatoms. The molecule has 0 fully saturated rings. The number of ether oxygens (including phenoxy) is 2. The summed E-state index contributed by atoms with van der Waals surface area (Å²) in [7, 11) is -2.37. The third kappa shape index (κ3) is 6.55. The number of benzene rings is 3. The summed E-state index contributed by atoms with van der Waals surface area (Å²) in [5, 5.41) is 2.60. The smallest absolute Gasteiger partial charge is 0.339 e. The molecule has 1 amide bonds. The molecule has 0 saturated carbocycles. The topological polar surface area (TPSA) is 102 Å². The van der Waals surface area contributed by atoms with Gasteiger partial charge in [0.05, 0.1) is 36.8 Å². The monoisotopic (exact) mass is 486 g/mol. The number of methoxy groups -OCH3 is 1. The van der Waals surface area contributed by atoms with E-state index in [-0.39, 0.29) is 18.7 Å². The number of sulfonamides is 1. The summed E-state index contributed by atoms with van der Waals surface area (Å²) < 4.78 is 49.1. The fourth-order valence-electron chi connectivity index (χ4n) is 3.08. The lowest BCUT2D eigenvalue weighted by Crippen LogP contribution is -2.29. The Labute approximate surface area is 197 Å². The molecule has 0 aliphatic rings. The van der Waals surface area contributed by atoms with Crippen molar-refractivity contribution >= 4 is 33.3 Å². The van der Waals surface area contributed by atoms with E-state index in [1.807, 2.05) is 0 Å². The number of amides is 1. The lowest BCUT2D eigenvalue weighted by atomic mass is 10.2. The Morgan fingerprint density at radius 3 is 2.24 bits per heavy atom. The molecule has 0 atom stereocenters. The Morgan fingerprint density at radius 1 is 0.971 bits per heavy atom. The van der Waals surface area contributed by atoms with Crippen LogP contribution in [0.4, 0.5) is 15.8 Å². The first-order valence-corrected chi connectivity index (χ1v) is 11.9. The minimum Gasteiger partial charge on any atom is -0.484 e. The molecule has 3 rings (SSSR count). The van der Waals surface area contributed by atoms with Crippen molar-refractivity contribution in [3.63, 3.8) is 0 Å². The Kier molecular flexibility index (Phi) is 7.85. The normalized spacial score (nSPS) is 10.9. The molecule has 178 valence electrons. The molecule has 0 heterocycles. The molecule has 8 nitrogen and oxygen atoms in total. The summed E-state index contributed by atoms with van der Waals surface area (Å²) in [4.78, 5) is 24.1. The second kappa shape index (κ2) is 10.8. The van der Waals surface area contributed by atoms with Crippen molar-refractivity contribution < 1.29 is 31.9 Å². The molecule has 0 unspecified atom stereocenters. The van der Waals surface area contributed by atoms with Gasteiger partial charge in [0, 0.05) is 0 Å². The van der Waals surface area contributed by atoms with Gasteiger partial charge in [-0.25, -0.2) is 17.6 Å². The van der Waals surface area contributed by atoms with Crippen LogP contribution in [0.5, 0.6) is 5.75 Å². The Balaban J connectivity index is 1.65. The quantitative estimate of drug-likeness (QED) is 0.464. The highest BCUT2D eigenvalue weighted by Crippen LogP contribution is 2.24. The molecule has 0 saturated heterocycles. The first-order chi connectivity index (χ1) is 16.2. The maximum absolute atomic E-state index is 13.2. The number of esters is 1. The molecular weight excluding hydrogens is 463 g/mol. The van der Waals surface area contributed by atoms with Gasteiger partial charge in [0.2, 0.25) is 10.0 Å². The molecule has 0 radical (unpaired) electrons. The number of anilines is 2. The molecule has 3 aromatic carbocycles. The van der Waals surface area contributed by atoms with E-state index in [1.165, 1.54) is 53.9 Å². The number of hydrogen-bond donors (Lipinski definition) is 1. The molecule has 1 N–H and O–H groups in total. The molecule has 34 heavy (non-hydrogen) atoms. The van der Waals surface area contributed by atoms with E-state index in [4.69, 9.17) is 9.47 Å². The lowest BCUT2D eigenvalue weighted by Gasteiger charge is -2.22. The minimum atomic E-state index is -3.62. The lowest BCUT2D eigenvalue weighted by molar-refractivity contribution is -0.118. The number of carbonyl (C=O) groups excluding carboxylic acids is 2. The number of halogens is 1. The van der Waals surface area contributed by atoms with Gasteiger partial charge in [-0.3, -0.25) is 9.10 Å². The summed E-state index contributed by atoms with van der Waals surface area (Å²) in [5.41, 5.74) is 1.51. The van der Waals surface area contributed by atoms with Crippen molar-refractivity contribution in [2.24, 2.45) is 0 Å². The van der Waals surface area contributed by atoms with Crippen LogP contribution in [0.2, 0.25) is 0 Å². The van der Waals surface area contributed by atoms with Crippen molar-refractivity contribution in [2.45, 2.75) is 6.54 Å². The molecule has 0 aliphatic heterocycles. The van der Waals surface area contributed by atoms with E-state index in [0.717, 1.165) is 6.26 Å². The minimum absolute atomic E-state index is 0.0291. The molecule has 0 aromatic heterocycles. The summed E-state index contributed by atoms with van der Waals surface area (Å²) >= 11 is 0. The van der Waals surface area contributed by atoms with E-state index in [0.29, 0.717) is 22.7 Å². The highest BCUT2D eigenvalue weighted by atomic mass is 32.2. The largest absolute Gasteiger partial charge is 0.484 e. The van der Waals surface area contributed by atoms with E-state index in [9.17, 15) is 22.4 Å². The Bertz CT molecular complexity index is 1260. The summed E-state index contributed by atoms with van der Waals surface area (Å²) in [6.07, 6.45) is 1.08. The van der Waals surface area contributed by atoms with Gasteiger partial charge in [-0.2, -0.15) is 0 Å². The second-order valence-corrected chi connectivity index (χ2v) is 9.17. The van der Waals surface area contributed by atoms with E-state index in [1.54, 1.807) is 30.3 Å². The Morgan fingerprint density at radius 2 is 1.62 bits per heavy atom. The van der Waals surface area contributed by atoms with Gasteiger partial charge in [0.1, 0.15) is 11.6 Å². The van der Waals surface area contributed by atoms with Crippen LogP contribution in [-0.4, -0.2) is 40.3 Å². The average Bonchev–Trinajstić information content (AvgIpc) is 2.82. The highest BCUT2D eigenvalue weighted by Gasteiger charge is 2.18. The Hall–Kier alpha value is -3.92. The third-order valence-corrected chi connectivity index (χ3v) is 5.88. The predicted molar refractivity (Wildman–Crippen MR) is 126 cm³/mol. The van der Waals surface area contributed by atoms with Crippen LogP contribution >= 0.6 is 0 Å². The number of carbonyl (C=O) groups is 2. The molecule has 0 aliphatic carbocycles. The maximum Gasteiger partial charge on any atom is 0.339 e. The number of nitrogens with zero attached hydrogens (tertiary/aromatic N) is 1. The van der Waals surface area contributed by atoms with Gasteiger partial charge in [0.25, 0.3) is 5.91 Å². The van der Waals surface area contributed by atoms with Gasteiger partial charge in [-0.05, 0) is 54.1 Å². The van der Waals surface area contributed by atoms with Crippen molar-refractivity contribution in [1.29, 1.82) is 0 Å². The van der Waals surface area contributed by atoms with Gasteiger partial charge < -0.3 is 14.8 Å². The zero-order chi connectivity index (χ0) is 24.7. The fraction of sp³-hybridized carbons (Fsp3) is 0.167. The van der Waals surface area contributed by atoms with E-state index < -0.39 is 27.7 Å². The average molecular weight is 487 g/mol. The number of nitrogens with one attached hydrogen (secondary N) is 1. The first-order valence-electron chi connectivity index (χ1n) is 10.1. The van der Waals surface area contributed by atoms with Crippen LogP contribution in [0.3, 0.4) is 0 Å². The predicted octanol–water partition coefficient (Wildman–Crippen LogP) is 3.60. The van der Waals surface area contributed by atoms with Gasteiger partial charge in [-0.15, -0.1) is 0 Å². The molecule has 0 bridgehead atoms. The van der Waals surface area contributed by atoms with Crippen LogP contribution in [0.25, 0.3) is 0 Å². The maximum atomic E-state index is 13.2. The van der Waals surface area contributed by atoms with E-state index >= 15 is 0 Å². The number of rotatable bonds is 9. The van der Waals surface area contributed by atoms with Crippen LogP contribution in [0, 0.1) is 5.82 Å². The zero-order valence-electron chi connectivity index (χ0n) is 18.5. The first kappa shape index (κ1) is 24.7. The van der Waals surface area contributed by atoms with Gasteiger partial charge in [0.15, 0.2) is 6.61 Å². The summed E-state index contributed by atoms with van der Waals surface area (Å²) in [6, 6.07) is 18.1.